The first-order valence-electron chi connectivity index (χ1n) is 9.79. The number of aryl methyl sites for hydroxylation is 1. The van der Waals surface area contributed by atoms with Crippen LogP contribution in [0.1, 0.15) is 29.7 Å². The van der Waals surface area contributed by atoms with Gasteiger partial charge in [0.1, 0.15) is 5.01 Å². The third kappa shape index (κ3) is 5.08. The number of hydrogen-bond acceptors (Lipinski definition) is 10. The molecular weight excluding hydrogens is 452 g/mol. The van der Waals surface area contributed by atoms with Crippen LogP contribution in [0.25, 0.3) is 21.3 Å². The fourth-order valence-electron chi connectivity index (χ4n) is 2.87. The maximum Gasteiger partial charge on any atom is 0.358 e. The minimum Gasteiger partial charge on any atom is -0.451 e. The molecule has 0 N–H and O–H groups in total. The zero-order valence-corrected chi connectivity index (χ0v) is 19.1. The van der Waals surface area contributed by atoms with Crippen molar-refractivity contribution in [2.45, 2.75) is 19.9 Å². The van der Waals surface area contributed by atoms with Crippen molar-refractivity contribution in [3.8, 4) is 21.3 Å². The first kappa shape index (κ1) is 21.8. The van der Waals surface area contributed by atoms with Crippen molar-refractivity contribution >= 4 is 34.6 Å². The number of aromatic nitrogens is 5. The summed E-state index contributed by atoms with van der Waals surface area (Å²) in [6.07, 6.45) is 4.20. The van der Waals surface area contributed by atoms with Crippen molar-refractivity contribution in [2.24, 2.45) is 7.05 Å². The van der Waals surface area contributed by atoms with E-state index in [9.17, 15) is 9.59 Å². The quantitative estimate of drug-likeness (QED) is 0.341. The Morgan fingerprint density at radius 1 is 1.28 bits per heavy atom. The summed E-state index contributed by atoms with van der Waals surface area (Å²) in [6.45, 7) is 2.16. The van der Waals surface area contributed by atoms with Crippen LogP contribution in [-0.4, -0.2) is 54.9 Å². The Labute approximate surface area is 191 Å². The van der Waals surface area contributed by atoms with Gasteiger partial charge in [0, 0.05) is 30.7 Å². The minimum atomic E-state index is -0.654. The summed E-state index contributed by atoms with van der Waals surface area (Å²) in [6, 6.07) is 3.78. The summed E-state index contributed by atoms with van der Waals surface area (Å²) in [7, 11) is 1.80. The molecule has 4 aromatic rings. The Bertz CT molecular complexity index is 1200. The largest absolute Gasteiger partial charge is 0.451 e. The molecule has 0 aliphatic heterocycles. The summed E-state index contributed by atoms with van der Waals surface area (Å²) in [5.41, 5.74) is 0.962. The Morgan fingerprint density at radius 2 is 2.16 bits per heavy atom. The molecule has 166 valence electrons. The number of rotatable bonds is 9. The van der Waals surface area contributed by atoms with Crippen molar-refractivity contribution in [3.63, 3.8) is 0 Å². The number of carbonyl (C=O) groups is 2. The zero-order chi connectivity index (χ0) is 22.5. The Morgan fingerprint density at radius 3 is 2.88 bits per heavy atom. The molecule has 4 aromatic heterocycles. The molecule has 0 fully saturated rings. The van der Waals surface area contributed by atoms with Crippen LogP contribution in [0, 0.1) is 0 Å². The monoisotopic (exact) mass is 472 g/mol. The topological polar surface area (TPSA) is 116 Å². The lowest BCUT2D eigenvalue weighted by molar-refractivity contribution is -0.135. The van der Waals surface area contributed by atoms with E-state index in [1.807, 2.05) is 30.6 Å². The molecule has 12 heteroatoms. The number of thiazole rings is 1. The highest BCUT2D eigenvalue weighted by atomic mass is 32.1. The number of thiophene rings is 1. The highest BCUT2D eigenvalue weighted by Gasteiger charge is 2.21. The second kappa shape index (κ2) is 9.83. The average molecular weight is 473 g/mol. The molecule has 0 radical (unpaired) electrons. The molecule has 0 unspecified atom stereocenters. The normalized spacial score (nSPS) is 10.9. The van der Waals surface area contributed by atoms with Gasteiger partial charge in [0.15, 0.2) is 12.3 Å². The van der Waals surface area contributed by atoms with E-state index < -0.39 is 12.6 Å². The van der Waals surface area contributed by atoms with Gasteiger partial charge in [-0.05, 0) is 17.9 Å². The first-order valence-corrected chi connectivity index (χ1v) is 11.5. The number of ether oxygens (including phenoxy) is 1. The molecule has 10 nitrogen and oxygen atoms in total. The van der Waals surface area contributed by atoms with Gasteiger partial charge in [0.2, 0.25) is 5.89 Å². The van der Waals surface area contributed by atoms with Crippen molar-refractivity contribution in [3.05, 3.63) is 46.9 Å². The Hall–Kier alpha value is -3.38. The smallest absolute Gasteiger partial charge is 0.358 e. The van der Waals surface area contributed by atoms with Gasteiger partial charge in [-0.2, -0.15) is 5.10 Å². The molecule has 0 saturated heterocycles. The van der Waals surface area contributed by atoms with Crippen molar-refractivity contribution in [2.75, 3.05) is 13.2 Å². The third-order valence-corrected chi connectivity index (χ3v) is 6.11. The molecule has 0 saturated carbocycles. The molecular formula is C20H20N6O4S2. The lowest BCUT2D eigenvalue weighted by Crippen LogP contribution is -2.35. The van der Waals surface area contributed by atoms with Crippen molar-refractivity contribution < 1.29 is 18.7 Å². The molecule has 4 heterocycles. The van der Waals surface area contributed by atoms with Crippen LogP contribution in [0.15, 0.2) is 39.7 Å². The van der Waals surface area contributed by atoms with E-state index in [4.69, 9.17) is 9.15 Å². The molecule has 0 spiro atoms. The van der Waals surface area contributed by atoms with Crippen LogP contribution >= 0.6 is 22.7 Å². The maximum absolute atomic E-state index is 12.7. The number of hydrogen-bond donors (Lipinski definition) is 0. The number of esters is 1. The predicted molar refractivity (Wildman–Crippen MR) is 118 cm³/mol. The van der Waals surface area contributed by atoms with E-state index in [1.165, 1.54) is 27.6 Å². The van der Waals surface area contributed by atoms with Gasteiger partial charge in [0.05, 0.1) is 17.6 Å². The summed E-state index contributed by atoms with van der Waals surface area (Å²) in [5, 5.41) is 16.3. The summed E-state index contributed by atoms with van der Waals surface area (Å²) in [5.74, 6) is -0.266. The van der Waals surface area contributed by atoms with Crippen LogP contribution in [0.4, 0.5) is 0 Å². The molecule has 1 amide bonds. The maximum atomic E-state index is 12.7. The minimum absolute atomic E-state index is 0.143. The van der Waals surface area contributed by atoms with Crippen LogP contribution in [0.5, 0.6) is 0 Å². The Kier molecular flexibility index (Phi) is 6.71. The molecule has 0 bridgehead atoms. The molecule has 32 heavy (non-hydrogen) atoms. The van der Waals surface area contributed by atoms with E-state index >= 15 is 0 Å². The lowest BCUT2D eigenvalue weighted by Gasteiger charge is -2.19. The molecule has 0 atom stereocenters. The van der Waals surface area contributed by atoms with Gasteiger partial charge < -0.3 is 14.1 Å². The van der Waals surface area contributed by atoms with Crippen LogP contribution in [0.2, 0.25) is 0 Å². The van der Waals surface area contributed by atoms with Crippen LogP contribution in [-0.2, 0) is 23.1 Å². The average Bonchev–Trinajstić information content (AvgIpc) is 3.58. The van der Waals surface area contributed by atoms with Crippen molar-refractivity contribution in [1.82, 2.24) is 29.9 Å². The van der Waals surface area contributed by atoms with Gasteiger partial charge in [-0.25, -0.2) is 9.78 Å². The van der Waals surface area contributed by atoms with Gasteiger partial charge in [-0.1, -0.05) is 13.0 Å². The molecule has 0 aromatic carbocycles. The SMILES string of the molecule is CCCN(Cc1nnc(-c2cccs2)o1)C(=O)COC(=O)c1csc(-c2cnn(C)c2)n1. The highest BCUT2D eigenvalue weighted by molar-refractivity contribution is 7.13. The van der Waals surface area contributed by atoms with Crippen LogP contribution in [0.3, 0.4) is 0 Å². The van der Waals surface area contributed by atoms with E-state index in [0.29, 0.717) is 23.3 Å². The second-order valence-electron chi connectivity index (χ2n) is 6.81. The molecule has 0 aliphatic carbocycles. The van der Waals surface area contributed by atoms with Gasteiger partial charge in [0.25, 0.3) is 11.8 Å². The fraction of sp³-hybridized carbons (Fsp3) is 0.300. The second-order valence-corrected chi connectivity index (χ2v) is 8.62. The van der Waals surface area contributed by atoms with E-state index in [0.717, 1.165) is 16.9 Å². The number of carbonyl (C=O) groups excluding carboxylic acids is 2. The van der Waals surface area contributed by atoms with Crippen LogP contribution < -0.4 is 0 Å². The van der Waals surface area contributed by atoms with Crippen molar-refractivity contribution in [1.29, 1.82) is 0 Å². The van der Waals surface area contributed by atoms with Gasteiger partial charge >= 0.3 is 5.97 Å². The van der Waals surface area contributed by atoms with E-state index in [1.54, 1.807) is 23.3 Å². The van der Waals surface area contributed by atoms with Gasteiger partial charge in [-0.15, -0.1) is 32.9 Å². The molecule has 4 rings (SSSR count). The van der Waals surface area contributed by atoms with Gasteiger partial charge in [-0.3, -0.25) is 9.48 Å². The Balaban J connectivity index is 1.35. The summed E-state index contributed by atoms with van der Waals surface area (Å²) >= 11 is 2.80. The predicted octanol–water partition coefficient (Wildman–Crippen LogP) is 3.25. The standard InChI is InChI=1S/C20H20N6O4S2/c1-3-6-26(10-16-23-24-18(30-16)15-5-4-7-31-15)17(27)11-29-20(28)14-12-32-19(22-14)13-8-21-25(2)9-13/h4-5,7-9,12H,3,6,10-11H2,1-2H3. The lowest BCUT2D eigenvalue weighted by atomic mass is 10.3. The highest BCUT2D eigenvalue weighted by Crippen LogP contribution is 2.24. The van der Waals surface area contributed by atoms with E-state index in [-0.39, 0.29) is 18.1 Å². The summed E-state index contributed by atoms with van der Waals surface area (Å²) in [4.78, 5) is 31.7. The first-order chi connectivity index (χ1) is 15.5. The molecule has 0 aliphatic rings. The summed E-state index contributed by atoms with van der Waals surface area (Å²) < 4.78 is 12.5. The zero-order valence-electron chi connectivity index (χ0n) is 17.4. The fourth-order valence-corrected chi connectivity index (χ4v) is 4.28. The van der Waals surface area contributed by atoms with E-state index in [2.05, 4.69) is 20.3 Å². The third-order valence-electron chi connectivity index (χ3n) is 4.36. The number of nitrogens with zero attached hydrogens (tertiary/aromatic N) is 6. The number of amides is 1.